The van der Waals surface area contributed by atoms with E-state index in [1.807, 2.05) is 42.5 Å². The maximum Gasteiger partial charge on any atom is 0.278 e. The summed E-state index contributed by atoms with van der Waals surface area (Å²) in [6, 6.07) is 18.8. The van der Waals surface area contributed by atoms with Crippen LogP contribution in [0.2, 0.25) is 5.02 Å². The minimum absolute atomic E-state index is 0.0729. The summed E-state index contributed by atoms with van der Waals surface area (Å²) < 4.78 is 1.48. The number of halogens is 1. The molecule has 0 radical (unpaired) electrons. The Labute approximate surface area is 155 Å². The van der Waals surface area contributed by atoms with Crippen molar-refractivity contribution in [3.8, 4) is 11.3 Å². The maximum atomic E-state index is 12.8. The average Bonchev–Trinajstić information content (AvgIpc) is 3.07. The second kappa shape index (κ2) is 6.77. The van der Waals surface area contributed by atoms with Crippen molar-refractivity contribution in [2.24, 2.45) is 0 Å². The second-order valence-electron chi connectivity index (χ2n) is 6.17. The molecule has 1 aliphatic rings. The zero-order valence-corrected chi connectivity index (χ0v) is 14.7. The number of nitrogens with zero attached hydrogens (tertiary/aromatic N) is 3. The minimum atomic E-state index is -0.301. The molecule has 0 aliphatic carbocycles. The molecule has 0 saturated heterocycles. The van der Waals surface area contributed by atoms with Crippen LogP contribution in [-0.2, 0) is 17.8 Å². The molecule has 0 saturated carbocycles. The largest absolute Gasteiger partial charge is 0.278 e. The molecule has 5 nitrogen and oxygen atoms in total. The van der Waals surface area contributed by atoms with Crippen molar-refractivity contribution in [1.29, 1.82) is 0 Å². The van der Waals surface area contributed by atoms with E-state index in [0.29, 0.717) is 29.4 Å². The van der Waals surface area contributed by atoms with Gasteiger partial charge < -0.3 is 0 Å². The molecule has 0 unspecified atom stereocenters. The zero-order chi connectivity index (χ0) is 18.1. The smallest absolute Gasteiger partial charge is 0.275 e. The summed E-state index contributed by atoms with van der Waals surface area (Å²) in [5, 5.41) is 5.04. The van der Waals surface area contributed by atoms with Crippen molar-refractivity contribution in [3.63, 3.8) is 0 Å². The number of fused-ring (bicyclic) bond motifs is 1. The Morgan fingerprint density at radius 2 is 1.73 bits per heavy atom. The van der Waals surface area contributed by atoms with Crippen molar-refractivity contribution in [3.05, 3.63) is 76.9 Å². The first kappa shape index (κ1) is 16.5. The summed E-state index contributed by atoms with van der Waals surface area (Å²) in [7, 11) is 0. The van der Waals surface area contributed by atoms with Crippen molar-refractivity contribution in [2.75, 3.05) is 6.54 Å². The standard InChI is InChI=1S/C20H16ClN3O2/c21-16-8-6-15(7-9-16)17-12-18-20(26)23(19(25)13-24(18)22-17)11-10-14-4-2-1-3-5-14/h1-9,12H,10-11,13H2. The lowest BCUT2D eigenvalue weighted by Gasteiger charge is -2.25. The van der Waals surface area contributed by atoms with Gasteiger partial charge in [0.25, 0.3) is 11.8 Å². The fourth-order valence-corrected chi connectivity index (χ4v) is 3.17. The van der Waals surface area contributed by atoms with Crippen LogP contribution in [0.5, 0.6) is 0 Å². The Kier molecular flexibility index (Phi) is 4.31. The van der Waals surface area contributed by atoms with E-state index in [-0.39, 0.29) is 18.4 Å². The molecule has 6 heteroatoms. The van der Waals surface area contributed by atoms with Crippen LogP contribution in [0.1, 0.15) is 16.1 Å². The van der Waals surface area contributed by atoms with E-state index in [0.717, 1.165) is 11.1 Å². The van der Waals surface area contributed by atoms with E-state index in [9.17, 15) is 9.59 Å². The van der Waals surface area contributed by atoms with Gasteiger partial charge in [-0.3, -0.25) is 14.5 Å². The van der Waals surface area contributed by atoms with Crippen LogP contribution in [0, 0.1) is 0 Å². The lowest BCUT2D eigenvalue weighted by molar-refractivity contribution is -0.130. The third kappa shape index (κ3) is 3.13. The highest BCUT2D eigenvalue weighted by molar-refractivity contribution is 6.30. The van der Waals surface area contributed by atoms with E-state index in [2.05, 4.69) is 5.10 Å². The third-order valence-corrected chi connectivity index (χ3v) is 4.69. The van der Waals surface area contributed by atoms with Crippen molar-refractivity contribution < 1.29 is 9.59 Å². The monoisotopic (exact) mass is 365 g/mol. The van der Waals surface area contributed by atoms with Crippen LogP contribution in [0.3, 0.4) is 0 Å². The van der Waals surface area contributed by atoms with Gasteiger partial charge >= 0.3 is 0 Å². The molecule has 1 aliphatic heterocycles. The highest BCUT2D eigenvalue weighted by atomic mass is 35.5. The first-order chi connectivity index (χ1) is 12.6. The Morgan fingerprint density at radius 3 is 2.46 bits per heavy atom. The molecule has 2 amide bonds. The predicted molar refractivity (Wildman–Crippen MR) is 98.9 cm³/mol. The fourth-order valence-electron chi connectivity index (χ4n) is 3.05. The molecule has 0 N–H and O–H groups in total. The summed E-state index contributed by atoms with van der Waals surface area (Å²) in [6.07, 6.45) is 0.635. The van der Waals surface area contributed by atoms with Gasteiger partial charge in [-0.1, -0.05) is 54.1 Å². The van der Waals surface area contributed by atoms with Crippen LogP contribution < -0.4 is 0 Å². The third-order valence-electron chi connectivity index (χ3n) is 4.44. The number of imide groups is 1. The van der Waals surface area contributed by atoms with Gasteiger partial charge in [-0.25, -0.2) is 4.68 Å². The molecule has 0 atom stereocenters. The van der Waals surface area contributed by atoms with Gasteiger partial charge in [0.15, 0.2) is 0 Å². The van der Waals surface area contributed by atoms with Crippen LogP contribution in [-0.4, -0.2) is 33.0 Å². The SMILES string of the molecule is O=C1Cn2nc(-c3ccc(Cl)cc3)cc2C(=O)N1CCc1ccccc1. The molecular weight excluding hydrogens is 350 g/mol. The first-order valence-electron chi connectivity index (χ1n) is 8.34. The van der Waals surface area contributed by atoms with Gasteiger partial charge in [0, 0.05) is 17.1 Å². The summed E-state index contributed by atoms with van der Waals surface area (Å²) >= 11 is 5.92. The Hall–Kier alpha value is -2.92. The molecule has 0 spiro atoms. The lowest BCUT2D eigenvalue weighted by atomic mass is 10.1. The normalized spacial score (nSPS) is 13.8. The highest BCUT2D eigenvalue weighted by Gasteiger charge is 2.32. The van der Waals surface area contributed by atoms with Crippen LogP contribution in [0.4, 0.5) is 0 Å². The van der Waals surface area contributed by atoms with Crippen LogP contribution >= 0.6 is 11.6 Å². The number of rotatable bonds is 4. The number of amides is 2. The molecule has 26 heavy (non-hydrogen) atoms. The van der Waals surface area contributed by atoms with E-state index < -0.39 is 0 Å². The quantitative estimate of drug-likeness (QED) is 0.665. The molecule has 130 valence electrons. The number of carbonyl (C=O) groups is 2. The van der Waals surface area contributed by atoms with Gasteiger partial charge in [-0.05, 0) is 30.2 Å². The van der Waals surface area contributed by atoms with E-state index in [4.69, 9.17) is 11.6 Å². The Balaban J connectivity index is 1.57. The van der Waals surface area contributed by atoms with Crippen LogP contribution in [0.25, 0.3) is 11.3 Å². The molecule has 1 aromatic heterocycles. The lowest BCUT2D eigenvalue weighted by Crippen LogP contribution is -2.45. The predicted octanol–water partition coefficient (Wildman–Crippen LogP) is 3.43. The van der Waals surface area contributed by atoms with E-state index >= 15 is 0 Å². The number of aromatic nitrogens is 2. The second-order valence-corrected chi connectivity index (χ2v) is 6.60. The van der Waals surface area contributed by atoms with Crippen molar-refractivity contribution >= 4 is 23.4 Å². The molecule has 0 fully saturated rings. The molecular formula is C20H16ClN3O2. The van der Waals surface area contributed by atoms with Crippen molar-refractivity contribution in [2.45, 2.75) is 13.0 Å². The number of benzene rings is 2. The summed E-state index contributed by atoms with van der Waals surface area (Å²) in [5.41, 5.74) is 3.03. The van der Waals surface area contributed by atoms with Crippen LogP contribution in [0.15, 0.2) is 60.7 Å². The van der Waals surface area contributed by atoms with Gasteiger partial charge in [-0.2, -0.15) is 5.10 Å². The zero-order valence-electron chi connectivity index (χ0n) is 13.9. The van der Waals surface area contributed by atoms with E-state index in [1.54, 1.807) is 18.2 Å². The minimum Gasteiger partial charge on any atom is -0.275 e. The number of hydrogen-bond donors (Lipinski definition) is 0. The Morgan fingerprint density at radius 1 is 1.00 bits per heavy atom. The van der Waals surface area contributed by atoms with E-state index in [1.165, 1.54) is 9.58 Å². The number of carbonyl (C=O) groups excluding carboxylic acids is 2. The molecule has 4 rings (SSSR count). The van der Waals surface area contributed by atoms with Gasteiger partial charge in [0.1, 0.15) is 12.2 Å². The van der Waals surface area contributed by atoms with Gasteiger partial charge in [0.05, 0.1) is 5.69 Å². The maximum absolute atomic E-state index is 12.8. The fraction of sp³-hybridized carbons (Fsp3) is 0.150. The average molecular weight is 366 g/mol. The van der Waals surface area contributed by atoms with Gasteiger partial charge in [0.2, 0.25) is 0 Å². The molecule has 0 bridgehead atoms. The van der Waals surface area contributed by atoms with Gasteiger partial charge in [-0.15, -0.1) is 0 Å². The Bertz CT molecular complexity index is 964. The first-order valence-corrected chi connectivity index (χ1v) is 8.72. The summed E-state index contributed by atoms with van der Waals surface area (Å²) in [5.74, 6) is -0.533. The summed E-state index contributed by atoms with van der Waals surface area (Å²) in [4.78, 5) is 26.5. The van der Waals surface area contributed by atoms with Crippen molar-refractivity contribution in [1.82, 2.24) is 14.7 Å². The summed E-state index contributed by atoms with van der Waals surface area (Å²) in [6.45, 7) is 0.437. The molecule has 3 aromatic rings. The highest BCUT2D eigenvalue weighted by Crippen LogP contribution is 2.24. The number of hydrogen-bond acceptors (Lipinski definition) is 3. The topological polar surface area (TPSA) is 55.2 Å². The molecule has 2 heterocycles. The molecule has 2 aromatic carbocycles.